The van der Waals surface area contributed by atoms with Crippen molar-refractivity contribution in [2.75, 3.05) is 6.61 Å². The van der Waals surface area contributed by atoms with Gasteiger partial charge in [0.15, 0.2) is 5.58 Å². The maximum absolute atomic E-state index is 11.0. The Morgan fingerprint density at radius 3 is 3.06 bits per heavy atom. The lowest BCUT2D eigenvalue weighted by molar-refractivity contribution is 0.0697. The summed E-state index contributed by atoms with van der Waals surface area (Å²) in [4.78, 5) is 15.1. The lowest BCUT2D eigenvalue weighted by Gasteiger charge is -1.96. The molecule has 1 N–H and O–H groups in total. The van der Waals surface area contributed by atoms with Gasteiger partial charge in [-0.25, -0.2) is 9.78 Å². The van der Waals surface area contributed by atoms with Crippen LogP contribution in [0.4, 0.5) is 0 Å². The van der Waals surface area contributed by atoms with E-state index in [9.17, 15) is 4.79 Å². The average molecular weight is 235 g/mol. The molecule has 1 aromatic heterocycles. The van der Waals surface area contributed by atoms with Crippen LogP contribution in [0.25, 0.3) is 11.1 Å². The zero-order chi connectivity index (χ0) is 12.3. The molecule has 0 fully saturated rings. The van der Waals surface area contributed by atoms with Crippen molar-refractivity contribution in [1.29, 1.82) is 0 Å². The monoisotopic (exact) mass is 235 g/mol. The summed E-state index contributed by atoms with van der Waals surface area (Å²) in [5.74, 6) is -0.616. The Bertz CT molecular complexity index is 532. The molecule has 1 aromatic carbocycles. The number of nitrogens with zero attached hydrogens (tertiary/aromatic N) is 1. The summed E-state index contributed by atoms with van der Waals surface area (Å²) in [6, 6.07) is 4.85. The first-order valence-corrected chi connectivity index (χ1v) is 5.42. The van der Waals surface area contributed by atoms with Gasteiger partial charge in [0, 0.05) is 6.61 Å². The van der Waals surface area contributed by atoms with Crippen LogP contribution >= 0.6 is 0 Å². The highest BCUT2D eigenvalue weighted by molar-refractivity contribution is 5.99. The minimum atomic E-state index is -1.02. The van der Waals surface area contributed by atoms with Gasteiger partial charge in [-0.15, -0.1) is 0 Å². The molecule has 0 atom stereocenters. The van der Waals surface area contributed by atoms with Gasteiger partial charge in [0.05, 0.1) is 0 Å². The van der Waals surface area contributed by atoms with Crippen LogP contribution in [0.1, 0.15) is 29.6 Å². The van der Waals surface area contributed by atoms with Gasteiger partial charge in [-0.05, 0) is 18.6 Å². The molecule has 0 saturated carbocycles. The van der Waals surface area contributed by atoms with Crippen LogP contribution in [0.15, 0.2) is 22.6 Å². The quantitative estimate of drug-likeness (QED) is 0.806. The van der Waals surface area contributed by atoms with E-state index >= 15 is 0 Å². The number of para-hydroxylation sites is 1. The van der Waals surface area contributed by atoms with E-state index in [1.807, 2.05) is 6.92 Å². The minimum Gasteiger partial charge on any atom is -0.478 e. The lowest BCUT2D eigenvalue weighted by Crippen LogP contribution is -1.95. The van der Waals surface area contributed by atoms with Crippen molar-refractivity contribution >= 4 is 17.1 Å². The molecule has 0 saturated heterocycles. The molecule has 0 spiro atoms. The van der Waals surface area contributed by atoms with Crippen LogP contribution in [-0.2, 0) is 11.3 Å². The van der Waals surface area contributed by atoms with Crippen molar-refractivity contribution in [3.05, 3.63) is 29.7 Å². The molecule has 17 heavy (non-hydrogen) atoms. The molecule has 2 rings (SSSR count). The van der Waals surface area contributed by atoms with Gasteiger partial charge < -0.3 is 14.3 Å². The van der Waals surface area contributed by atoms with E-state index in [0.717, 1.165) is 6.42 Å². The van der Waals surface area contributed by atoms with E-state index in [-0.39, 0.29) is 12.2 Å². The number of carboxylic acid groups (broad SMARTS) is 1. The van der Waals surface area contributed by atoms with Crippen molar-refractivity contribution in [3.8, 4) is 0 Å². The third-order valence-electron chi connectivity index (χ3n) is 2.26. The van der Waals surface area contributed by atoms with Crippen LogP contribution in [0.5, 0.6) is 0 Å². The summed E-state index contributed by atoms with van der Waals surface area (Å²) in [6.07, 6.45) is 0.917. The highest BCUT2D eigenvalue weighted by Crippen LogP contribution is 2.20. The molecule has 1 heterocycles. The normalized spacial score (nSPS) is 10.9. The van der Waals surface area contributed by atoms with Crippen molar-refractivity contribution in [1.82, 2.24) is 4.98 Å². The Hall–Kier alpha value is -1.88. The summed E-state index contributed by atoms with van der Waals surface area (Å²) in [7, 11) is 0. The maximum Gasteiger partial charge on any atom is 0.339 e. The van der Waals surface area contributed by atoms with Crippen LogP contribution in [0.3, 0.4) is 0 Å². The number of hydrogen-bond donors (Lipinski definition) is 1. The zero-order valence-corrected chi connectivity index (χ0v) is 9.47. The molecule has 0 bridgehead atoms. The lowest BCUT2D eigenvalue weighted by atomic mass is 10.2. The number of aromatic nitrogens is 1. The van der Waals surface area contributed by atoms with Crippen molar-refractivity contribution in [3.63, 3.8) is 0 Å². The largest absolute Gasteiger partial charge is 0.478 e. The third-order valence-corrected chi connectivity index (χ3v) is 2.26. The zero-order valence-electron chi connectivity index (χ0n) is 9.47. The van der Waals surface area contributed by atoms with E-state index in [2.05, 4.69) is 4.98 Å². The predicted octanol–water partition coefficient (Wildman–Crippen LogP) is 2.45. The Balaban J connectivity index is 2.30. The minimum absolute atomic E-state index is 0.122. The van der Waals surface area contributed by atoms with Crippen molar-refractivity contribution in [2.24, 2.45) is 0 Å². The summed E-state index contributed by atoms with van der Waals surface area (Å²) >= 11 is 0. The van der Waals surface area contributed by atoms with E-state index in [4.69, 9.17) is 14.3 Å². The number of carboxylic acids is 1. The average Bonchev–Trinajstić information content (AvgIpc) is 2.71. The first-order chi connectivity index (χ1) is 8.22. The maximum atomic E-state index is 11.0. The molecule has 5 nitrogen and oxygen atoms in total. The van der Waals surface area contributed by atoms with Crippen LogP contribution in [-0.4, -0.2) is 22.7 Å². The van der Waals surface area contributed by atoms with E-state index < -0.39 is 5.97 Å². The second-order valence-electron chi connectivity index (χ2n) is 3.62. The van der Waals surface area contributed by atoms with Gasteiger partial charge in [-0.1, -0.05) is 13.0 Å². The topological polar surface area (TPSA) is 72.6 Å². The molecule has 5 heteroatoms. The first kappa shape index (κ1) is 11.6. The van der Waals surface area contributed by atoms with Gasteiger partial charge in [-0.2, -0.15) is 0 Å². The molecule has 2 aromatic rings. The number of fused-ring (bicyclic) bond motifs is 1. The number of carbonyl (C=O) groups is 1. The van der Waals surface area contributed by atoms with Gasteiger partial charge >= 0.3 is 5.97 Å². The Morgan fingerprint density at radius 1 is 1.53 bits per heavy atom. The van der Waals surface area contributed by atoms with E-state index in [0.29, 0.717) is 23.6 Å². The second kappa shape index (κ2) is 4.97. The van der Waals surface area contributed by atoms with Gasteiger partial charge in [-0.3, -0.25) is 0 Å². The molecular weight excluding hydrogens is 222 g/mol. The van der Waals surface area contributed by atoms with E-state index in [1.165, 1.54) is 6.07 Å². The van der Waals surface area contributed by atoms with Gasteiger partial charge in [0.2, 0.25) is 5.89 Å². The molecule has 0 amide bonds. The second-order valence-corrected chi connectivity index (χ2v) is 3.62. The highest BCUT2D eigenvalue weighted by atomic mass is 16.5. The summed E-state index contributed by atoms with van der Waals surface area (Å²) in [5.41, 5.74) is 0.965. The van der Waals surface area contributed by atoms with Gasteiger partial charge in [0.25, 0.3) is 0 Å². The fourth-order valence-electron chi connectivity index (χ4n) is 1.53. The third kappa shape index (κ3) is 2.45. The van der Waals surface area contributed by atoms with Crippen LogP contribution < -0.4 is 0 Å². The number of oxazole rings is 1. The first-order valence-electron chi connectivity index (χ1n) is 5.42. The number of rotatable bonds is 5. The summed E-state index contributed by atoms with van der Waals surface area (Å²) in [5, 5.41) is 8.99. The smallest absolute Gasteiger partial charge is 0.339 e. The molecule has 0 aliphatic carbocycles. The fraction of sp³-hybridized carbons (Fsp3) is 0.333. The number of benzene rings is 1. The molecule has 90 valence electrons. The predicted molar refractivity (Wildman–Crippen MR) is 60.9 cm³/mol. The highest BCUT2D eigenvalue weighted by Gasteiger charge is 2.14. The molecule has 0 radical (unpaired) electrons. The van der Waals surface area contributed by atoms with Crippen LogP contribution in [0.2, 0.25) is 0 Å². The standard InChI is InChI=1S/C12H13NO4/c1-2-6-16-7-10-13-9-5-3-4-8(12(14)15)11(9)17-10/h3-5H,2,6-7H2,1H3,(H,14,15). The fourth-order valence-corrected chi connectivity index (χ4v) is 1.53. The summed E-state index contributed by atoms with van der Waals surface area (Å²) in [6.45, 7) is 2.90. The Morgan fingerprint density at radius 2 is 2.35 bits per heavy atom. The number of ether oxygens (including phenoxy) is 1. The number of hydrogen-bond acceptors (Lipinski definition) is 4. The Kier molecular flexibility index (Phi) is 3.39. The van der Waals surface area contributed by atoms with Crippen molar-refractivity contribution < 1.29 is 19.1 Å². The van der Waals surface area contributed by atoms with Crippen LogP contribution in [0, 0.1) is 0 Å². The molecule has 0 aliphatic rings. The summed E-state index contributed by atoms with van der Waals surface area (Å²) < 4.78 is 10.7. The SMILES string of the molecule is CCCOCc1nc2cccc(C(=O)O)c2o1. The van der Waals surface area contributed by atoms with Gasteiger partial charge in [0.1, 0.15) is 17.7 Å². The molecule has 0 unspecified atom stereocenters. The number of aromatic carboxylic acids is 1. The molecular formula is C12H13NO4. The Labute approximate surface area is 98.0 Å². The van der Waals surface area contributed by atoms with Crippen molar-refractivity contribution in [2.45, 2.75) is 20.0 Å². The van der Waals surface area contributed by atoms with E-state index in [1.54, 1.807) is 12.1 Å². The molecule has 0 aliphatic heterocycles.